The number of aryl methyl sites for hydroxylation is 2. The quantitative estimate of drug-likeness (QED) is 0.728. The van der Waals surface area contributed by atoms with Gasteiger partial charge in [0.2, 0.25) is 0 Å². The Labute approximate surface area is 162 Å². The molecule has 1 N–H and O–H groups in total. The number of hydrogen-bond acceptors (Lipinski definition) is 4. The van der Waals surface area contributed by atoms with Crippen molar-refractivity contribution in [2.45, 2.75) is 26.9 Å². The van der Waals surface area contributed by atoms with E-state index in [1.165, 1.54) is 13.0 Å². The van der Waals surface area contributed by atoms with Gasteiger partial charge in [-0.2, -0.15) is 0 Å². The fourth-order valence-corrected chi connectivity index (χ4v) is 2.76. The first-order valence-electron chi connectivity index (χ1n) is 7.91. The Kier molecular flexibility index (Phi) is 6.89. The molecule has 1 amide bonds. The zero-order valence-corrected chi connectivity index (χ0v) is 16.1. The predicted octanol–water partition coefficient (Wildman–Crippen LogP) is 4.56. The highest BCUT2D eigenvalue weighted by Gasteiger charge is 2.19. The molecule has 7 heteroatoms. The van der Waals surface area contributed by atoms with E-state index in [0.29, 0.717) is 16.5 Å². The lowest BCUT2D eigenvalue weighted by atomic mass is 10.1. The van der Waals surface area contributed by atoms with Gasteiger partial charge in [-0.25, -0.2) is 4.79 Å². The Morgan fingerprint density at radius 2 is 1.73 bits per heavy atom. The van der Waals surface area contributed by atoms with Crippen molar-refractivity contribution in [3.05, 3.63) is 57.6 Å². The molecule has 0 fully saturated rings. The van der Waals surface area contributed by atoms with Crippen LogP contribution in [0.1, 0.15) is 18.1 Å². The summed E-state index contributed by atoms with van der Waals surface area (Å²) in [6.07, 6.45) is -0.928. The van der Waals surface area contributed by atoms with Gasteiger partial charge in [0.05, 0.1) is 5.02 Å². The Hall–Kier alpha value is -2.24. The van der Waals surface area contributed by atoms with Crippen LogP contribution < -0.4 is 10.1 Å². The summed E-state index contributed by atoms with van der Waals surface area (Å²) >= 11 is 11.8. The van der Waals surface area contributed by atoms with E-state index in [4.69, 9.17) is 32.7 Å². The molecule has 0 aromatic heterocycles. The van der Waals surface area contributed by atoms with Crippen LogP contribution in [0.25, 0.3) is 0 Å². The van der Waals surface area contributed by atoms with E-state index in [1.807, 2.05) is 32.0 Å². The second-order valence-electron chi connectivity index (χ2n) is 5.87. The summed E-state index contributed by atoms with van der Waals surface area (Å²) in [5.41, 5.74) is 2.71. The fraction of sp³-hybridized carbons (Fsp3) is 0.263. The lowest BCUT2D eigenvalue weighted by Crippen LogP contribution is -2.29. The SMILES string of the molecule is Cc1cc(C)cc(NC(=O)COC(=O)[C@H](C)Oc2ccc(Cl)cc2Cl)c1. The summed E-state index contributed by atoms with van der Waals surface area (Å²) in [6.45, 7) is 4.97. The molecule has 0 aliphatic heterocycles. The maximum Gasteiger partial charge on any atom is 0.347 e. The lowest BCUT2D eigenvalue weighted by Gasteiger charge is -2.15. The van der Waals surface area contributed by atoms with Gasteiger partial charge in [0.15, 0.2) is 12.7 Å². The Morgan fingerprint density at radius 1 is 1.08 bits per heavy atom. The van der Waals surface area contributed by atoms with Gasteiger partial charge in [-0.3, -0.25) is 4.79 Å². The molecule has 1 atom stereocenters. The monoisotopic (exact) mass is 395 g/mol. The van der Waals surface area contributed by atoms with Gasteiger partial charge < -0.3 is 14.8 Å². The minimum absolute atomic E-state index is 0.282. The largest absolute Gasteiger partial charge is 0.477 e. The highest BCUT2D eigenvalue weighted by atomic mass is 35.5. The van der Waals surface area contributed by atoms with Crippen LogP contribution in [-0.4, -0.2) is 24.6 Å². The van der Waals surface area contributed by atoms with Gasteiger partial charge in [-0.05, 0) is 62.2 Å². The van der Waals surface area contributed by atoms with Crippen LogP contribution in [-0.2, 0) is 14.3 Å². The zero-order valence-electron chi connectivity index (χ0n) is 14.6. The maximum absolute atomic E-state index is 12.0. The Balaban J connectivity index is 1.85. The van der Waals surface area contributed by atoms with Gasteiger partial charge in [0.1, 0.15) is 5.75 Å². The topological polar surface area (TPSA) is 64.6 Å². The second kappa shape index (κ2) is 8.92. The molecule has 0 aliphatic rings. The number of rotatable bonds is 6. The number of benzene rings is 2. The van der Waals surface area contributed by atoms with Gasteiger partial charge in [-0.15, -0.1) is 0 Å². The number of esters is 1. The highest BCUT2D eigenvalue weighted by Crippen LogP contribution is 2.28. The second-order valence-corrected chi connectivity index (χ2v) is 6.71. The molecule has 2 aromatic carbocycles. The van der Waals surface area contributed by atoms with E-state index in [0.717, 1.165) is 11.1 Å². The Bertz CT molecular complexity index is 803. The number of carbonyl (C=O) groups is 2. The van der Waals surface area contributed by atoms with Crippen molar-refractivity contribution >= 4 is 40.8 Å². The number of anilines is 1. The fourth-order valence-electron chi connectivity index (χ4n) is 2.31. The molecule has 2 aromatic rings. The summed E-state index contributed by atoms with van der Waals surface area (Å²) in [5, 5.41) is 3.43. The molecular formula is C19H19Cl2NO4. The molecule has 2 rings (SSSR count). The van der Waals surface area contributed by atoms with Gasteiger partial charge >= 0.3 is 5.97 Å². The van der Waals surface area contributed by atoms with Crippen molar-refractivity contribution in [2.24, 2.45) is 0 Å². The van der Waals surface area contributed by atoms with Crippen LogP contribution in [0.2, 0.25) is 10.0 Å². The third kappa shape index (κ3) is 5.93. The van der Waals surface area contributed by atoms with Crippen molar-refractivity contribution in [1.82, 2.24) is 0 Å². The summed E-state index contributed by atoms with van der Waals surface area (Å²) in [7, 11) is 0. The van der Waals surface area contributed by atoms with Crippen LogP contribution >= 0.6 is 23.2 Å². The minimum Gasteiger partial charge on any atom is -0.477 e. The van der Waals surface area contributed by atoms with Crippen LogP contribution in [0.4, 0.5) is 5.69 Å². The number of nitrogens with one attached hydrogen (secondary N) is 1. The van der Waals surface area contributed by atoms with Crippen LogP contribution in [0, 0.1) is 13.8 Å². The molecule has 0 spiro atoms. The van der Waals surface area contributed by atoms with Crippen molar-refractivity contribution in [1.29, 1.82) is 0 Å². The molecule has 0 bridgehead atoms. The summed E-state index contributed by atoms with van der Waals surface area (Å²) < 4.78 is 10.4. The smallest absolute Gasteiger partial charge is 0.347 e. The molecule has 5 nitrogen and oxygen atoms in total. The van der Waals surface area contributed by atoms with Crippen molar-refractivity contribution in [3.8, 4) is 5.75 Å². The molecular weight excluding hydrogens is 377 g/mol. The van der Waals surface area contributed by atoms with Gasteiger partial charge in [0, 0.05) is 10.7 Å². The van der Waals surface area contributed by atoms with Crippen molar-refractivity contribution in [3.63, 3.8) is 0 Å². The first-order valence-corrected chi connectivity index (χ1v) is 8.66. The number of carbonyl (C=O) groups excluding carboxylic acids is 2. The Morgan fingerprint density at radius 3 is 2.35 bits per heavy atom. The van der Waals surface area contributed by atoms with Crippen molar-refractivity contribution < 1.29 is 19.1 Å². The standard InChI is InChI=1S/C19H19Cl2NO4/c1-11-6-12(2)8-15(7-11)22-18(23)10-25-19(24)13(3)26-17-5-4-14(20)9-16(17)21/h4-9,13H,10H2,1-3H3,(H,22,23)/t13-/m0/s1. The summed E-state index contributed by atoms with van der Waals surface area (Å²) in [5.74, 6) is -0.799. The highest BCUT2D eigenvalue weighted by molar-refractivity contribution is 6.35. The van der Waals surface area contributed by atoms with E-state index in [1.54, 1.807) is 12.1 Å². The number of halogens is 2. The first kappa shape index (κ1) is 20.1. The molecule has 0 aliphatic carbocycles. The average molecular weight is 396 g/mol. The van der Waals surface area contributed by atoms with E-state index in [2.05, 4.69) is 5.32 Å². The third-order valence-electron chi connectivity index (χ3n) is 3.38. The predicted molar refractivity (Wildman–Crippen MR) is 102 cm³/mol. The number of hydrogen-bond donors (Lipinski definition) is 1. The van der Waals surface area contributed by atoms with E-state index in [-0.39, 0.29) is 5.02 Å². The maximum atomic E-state index is 12.0. The molecule has 0 saturated heterocycles. The van der Waals surface area contributed by atoms with Crippen LogP contribution in [0.5, 0.6) is 5.75 Å². The van der Waals surface area contributed by atoms with Crippen LogP contribution in [0.3, 0.4) is 0 Å². The zero-order chi connectivity index (χ0) is 19.3. The van der Waals surface area contributed by atoms with Gasteiger partial charge in [-0.1, -0.05) is 29.3 Å². The lowest BCUT2D eigenvalue weighted by molar-refractivity contribution is -0.153. The molecule has 0 radical (unpaired) electrons. The normalized spacial score (nSPS) is 11.6. The molecule has 0 saturated carbocycles. The third-order valence-corrected chi connectivity index (χ3v) is 3.91. The summed E-state index contributed by atoms with van der Waals surface area (Å²) in [4.78, 5) is 23.9. The minimum atomic E-state index is -0.928. The number of amides is 1. The molecule has 26 heavy (non-hydrogen) atoms. The average Bonchev–Trinajstić information content (AvgIpc) is 2.54. The number of ether oxygens (including phenoxy) is 2. The van der Waals surface area contributed by atoms with Crippen LogP contribution in [0.15, 0.2) is 36.4 Å². The first-order chi connectivity index (χ1) is 12.2. The summed E-state index contributed by atoms with van der Waals surface area (Å²) in [6, 6.07) is 10.3. The van der Waals surface area contributed by atoms with E-state index in [9.17, 15) is 9.59 Å². The van der Waals surface area contributed by atoms with Crippen molar-refractivity contribution in [2.75, 3.05) is 11.9 Å². The van der Waals surface area contributed by atoms with E-state index < -0.39 is 24.6 Å². The molecule has 0 heterocycles. The van der Waals surface area contributed by atoms with Gasteiger partial charge in [0.25, 0.3) is 5.91 Å². The molecule has 138 valence electrons. The molecule has 0 unspecified atom stereocenters. The van der Waals surface area contributed by atoms with E-state index >= 15 is 0 Å².